The SMILES string of the molecule is COc1ccc(CN(C(=O)c2ccc3nc(NCc4ccc(OC)cc4OC)c4c(c3c2)CCC4)C(C)c2ncccn2)nc1. The third-order valence-corrected chi connectivity index (χ3v) is 8.30. The van der Waals surface area contributed by atoms with Crippen LogP contribution in [0, 0.1) is 0 Å². The van der Waals surface area contributed by atoms with Gasteiger partial charge in [-0.25, -0.2) is 15.0 Å². The molecule has 5 aromatic rings. The molecule has 10 nitrogen and oxygen atoms in total. The first-order valence-electron chi connectivity index (χ1n) is 15.0. The Kier molecular flexibility index (Phi) is 8.72. The fourth-order valence-electron chi connectivity index (χ4n) is 5.84. The lowest BCUT2D eigenvalue weighted by molar-refractivity contribution is 0.0663. The zero-order valence-electron chi connectivity index (χ0n) is 25.9. The number of methoxy groups -OCH3 is 3. The molecule has 45 heavy (non-hydrogen) atoms. The number of carbonyl (C=O) groups is 1. The minimum absolute atomic E-state index is 0.130. The smallest absolute Gasteiger partial charge is 0.254 e. The van der Waals surface area contributed by atoms with Crippen LogP contribution < -0.4 is 19.5 Å². The van der Waals surface area contributed by atoms with Gasteiger partial charge in [0.15, 0.2) is 0 Å². The summed E-state index contributed by atoms with van der Waals surface area (Å²) in [6, 6.07) is 16.7. The second-order valence-electron chi connectivity index (χ2n) is 10.9. The number of pyridine rings is 2. The monoisotopic (exact) mass is 604 g/mol. The van der Waals surface area contributed by atoms with Crippen molar-refractivity contribution in [3.05, 3.63) is 107 Å². The number of aromatic nitrogens is 4. The van der Waals surface area contributed by atoms with E-state index in [4.69, 9.17) is 19.2 Å². The average molecular weight is 605 g/mol. The Bertz CT molecular complexity index is 1810. The first-order valence-corrected chi connectivity index (χ1v) is 15.0. The molecule has 0 saturated carbocycles. The largest absolute Gasteiger partial charge is 0.497 e. The summed E-state index contributed by atoms with van der Waals surface area (Å²) in [4.78, 5) is 34.4. The zero-order valence-corrected chi connectivity index (χ0v) is 25.9. The molecule has 3 aromatic heterocycles. The third-order valence-electron chi connectivity index (χ3n) is 8.30. The Morgan fingerprint density at radius 1 is 0.911 bits per heavy atom. The van der Waals surface area contributed by atoms with E-state index < -0.39 is 0 Å². The number of nitrogens with one attached hydrogen (secondary N) is 1. The van der Waals surface area contributed by atoms with Crippen LogP contribution >= 0.6 is 0 Å². The predicted octanol–water partition coefficient (Wildman–Crippen LogP) is 5.95. The maximum atomic E-state index is 14.2. The number of nitrogens with zero attached hydrogens (tertiary/aromatic N) is 5. The highest BCUT2D eigenvalue weighted by Crippen LogP contribution is 2.35. The first-order chi connectivity index (χ1) is 22.0. The maximum absolute atomic E-state index is 14.2. The summed E-state index contributed by atoms with van der Waals surface area (Å²) in [5.74, 6) is 3.46. The molecule has 1 aliphatic rings. The van der Waals surface area contributed by atoms with Crippen LogP contribution in [0.4, 0.5) is 5.82 Å². The van der Waals surface area contributed by atoms with Crippen molar-refractivity contribution in [3.8, 4) is 17.2 Å². The molecule has 1 amide bonds. The Balaban J connectivity index is 1.31. The van der Waals surface area contributed by atoms with Crippen molar-refractivity contribution in [3.63, 3.8) is 0 Å². The molecule has 0 radical (unpaired) electrons. The quantitative estimate of drug-likeness (QED) is 0.195. The number of ether oxygens (including phenoxy) is 3. The van der Waals surface area contributed by atoms with Crippen LogP contribution in [-0.2, 0) is 25.9 Å². The normalized spacial score (nSPS) is 12.8. The number of hydrogen-bond donors (Lipinski definition) is 1. The standard InChI is InChI=1S/C35H36N6O4/c1-22(33-36-15-6-16-37-33)41(21-25-11-13-27(44-3)20-38-25)35(42)23-10-14-31-30(17-23)28-7-5-8-29(28)34(40-31)39-19-24-9-12-26(43-2)18-32(24)45-4/h6,9-18,20,22H,5,7-8,19,21H2,1-4H3,(H,39,40). The molecule has 3 heterocycles. The zero-order chi connectivity index (χ0) is 31.3. The molecular weight excluding hydrogens is 568 g/mol. The molecule has 1 atom stereocenters. The minimum atomic E-state index is -0.385. The van der Waals surface area contributed by atoms with Crippen LogP contribution in [0.25, 0.3) is 10.9 Å². The number of anilines is 1. The fraction of sp³-hybridized carbons (Fsp3) is 0.286. The molecule has 1 unspecified atom stereocenters. The summed E-state index contributed by atoms with van der Waals surface area (Å²) < 4.78 is 16.2. The summed E-state index contributed by atoms with van der Waals surface area (Å²) in [6.07, 6.45) is 7.93. The van der Waals surface area contributed by atoms with Gasteiger partial charge < -0.3 is 24.4 Å². The van der Waals surface area contributed by atoms with Gasteiger partial charge in [0.05, 0.1) is 51.3 Å². The summed E-state index contributed by atoms with van der Waals surface area (Å²) in [5, 5.41) is 4.56. The van der Waals surface area contributed by atoms with Gasteiger partial charge in [-0.1, -0.05) is 0 Å². The average Bonchev–Trinajstić information content (AvgIpc) is 3.60. The Morgan fingerprint density at radius 3 is 2.42 bits per heavy atom. The van der Waals surface area contributed by atoms with Gasteiger partial charge in [-0.3, -0.25) is 9.78 Å². The molecule has 230 valence electrons. The van der Waals surface area contributed by atoms with E-state index in [2.05, 4.69) is 20.3 Å². The number of benzene rings is 2. The van der Waals surface area contributed by atoms with Crippen LogP contribution in [0.15, 0.2) is 73.2 Å². The lowest BCUT2D eigenvalue weighted by Gasteiger charge is -2.28. The number of amides is 1. The Labute approximate surface area is 262 Å². The van der Waals surface area contributed by atoms with Gasteiger partial charge in [0.1, 0.15) is 28.9 Å². The third kappa shape index (κ3) is 6.22. The van der Waals surface area contributed by atoms with Crippen molar-refractivity contribution < 1.29 is 19.0 Å². The predicted molar refractivity (Wildman–Crippen MR) is 172 cm³/mol. The van der Waals surface area contributed by atoms with E-state index in [0.29, 0.717) is 23.7 Å². The van der Waals surface area contributed by atoms with Crippen LogP contribution in [0.5, 0.6) is 17.2 Å². The molecule has 6 rings (SSSR count). The van der Waals surface area contributed by atoms with E-state index in [1.807, 2.05) is 55.5 Å². The second kappa shape index (κ2) is 13.2. The van der Waals surface area contributed by atoms with Gasteiger partial charge in [-0.2, -0.15) is 0 Å². The summed E-state index contributed by atoms with van der Waals surface area (Å²) >= 11 is 0. The van der Waals surface area contributed by atoms with Gasteiger partial charge in [0.25, 0.3) is 5.91 Å². The molecule has 0 bridgehead atoms. The molecule has 2 aromatic carbocycles. The maximum Gasteiger partial charge on any atom is 0.254 e. The van der Waals surface area contributed by atoms with E-state index in [1.54, 1.807) is 50.9 Å². The van der Waals surface area contributed by atoms with Crippen molar-refractivity contribution in [2.75, 3.05) is 26.6 Å². The van der Waals surface area contributed by atoms with Crippen molar-refractivity contribution >= 4 is 22.6 Å². The first kappa shape index (κ1) is 29.8. The molecule has 0 spiro atoms. The molecule has 0 aliphatic heterocycles. The summed E-state index contributed by atoms with van der Waals surface area (Å²) in [7, 11) is 4.90. The van der Waals surface area contributed by atoms with Gasteiger partial charge in [0, 0.05) is 41.5 Å². The molecule has 0 saturated heterocycles. The second-order valence-corrected chi connectivity index (χ2v) is 10.9. The lowest BCUT2D eigenvalue weighted by atomic mass is 10.0. The Hall–Kier alpha value is -5.25. The molecule has 1 aliphatic carbocycles. The van der Waals surface area contributed by atoms with Crippen molar-refractivity contribution in [1.82, 2.24) is 24.8 Å². The number of aryl methyl sites for hydroxylation is 1. The van der Waals surface area contributed by atoms with Crippen LogP contribution in [0.2, 0.25) is 0 Å². The molecular formula is C35H36N6O4. The molecule has 10 heteroatoms. The minimum Gasteiger partial charge on any atom is -0.497 e. The van der Waals surface area contributed by atoms with E-state index in [9.17, 15) is 4.79 Å². The summed E-state index contributed by atoms with van der Waals surface area (Å²) in [6.45, 7) is 2.78. The van der Waals surface area contributed by atoms with E-state index in [1.165, 1.54) is 11.1 Å². The highest BCUT2D eigenvalue weighted by molar-refractivity contribution is 5.99. The van der Waals surface area contributed by atoms with Gasteiger partial charge in [-0.05, 0) is 85.8 Å². The Morgan fingerprint density at radius 2 is 1.69 bits per heavy atom. The van der Waals surface area contributed by atoms with Gasteiger partial charge in [0.2, 0.25) is 0 Å². The highest BCUT2D eigenvalue weighted by Gasteiger charge is 2.27. The lowest BCUT2D eigenvalue weighted by Crippen LogP contribution is -2.34. The summed E-state index contributed by atoms with van der Waals surface area (Å²) in [5.41, 5.74) is 5.61. The van der Waals surface area contributed by atoms with Crippen molar-refractivity contribution in [2.24, 2.45) is 0 Å². The van der Waals surface area contributed by atoms with Gasteiger partial charge in [-0.15, -0.1) is 0 Å². The number of rotatable bonds is 11. The number of carbonyl (C=O) groups excluding carboxylic acids is 1. The fourth-order valence-corrected chi connectivity index (χ4v) is 5.84. The van der Waals surface area contributed by atoms with Crippen LogP contribution in [-0.4, -0.2) is 52.1 Å². The van der Waals surface area contributed by atoms with E-state index >= 15 is 0 Å². The van der Waals surface area contributed by atoms with Crippen LogP contribution in [0.3, 0.4) is 0 Å². The number of fused-ring (bicyclic) bond motifs is 3. The van der Waals surface area contributed by atoms with Crippen molar-refractivity contribution in [1.29, 1.82) is 0 Å². The van der Waals surface area contributed by atoms with E-state index in [0.717, 1.165) is 58.7 Å². The number of hydrogen-bond acceptors (Lipinski definition) is 9. The van der Waals surface area contributed by atoms with Crippen molar-refractivity contribution in [2.45, 2.75) is 45.3 Å². The topological polar surface area (TPSA) is 112 Å². The molecule has 0 fully saturated rings. The van der Waals surface area contributed by atoms with Gasteiger partial charge >= 0.3 is 0 Å². The molecule has 1 N–H and O–H groups in total. The highest BCUT2D eigenvalue weighted by atomic mass is 16.5. The van der Waals surface area contributed by atoms with Crippen LogP contribution in [0.1, 0.15) is 58.0 Å². The van der Waals surface area contributed by atoms with E-state index in [-0.39, 0.29) is 18.5 Å².